The van der Waals surface area contributed by atoms with E-state index in [2.05, 4.69) is 10.1 Å². The number of fused-ring (bicyclic) bond motifs is 2. The zero-order chi connectivity index (χ0) is 16.0. The third-order valence-electron chi connectivity index (χ3n) is 3.50. The topological polar surface area (TPSA) is 47.8 Å². The van der Waals surface area contributed by atoms with Gasteiger partial charge in [0.2, 0.25) is 0 Å². The average molecular weight is 329 g/mol. The molecule has 0 bridgehead atoms. The van der Waals surface area contributed by atoms with Crippen LogP contribution in [0.4, 0.5) is 8.78 Å². The van der Waals surface area contributed by atoms with Crippen molar-refractivity contribution in [3.05, 3.63) is 69.6 Å². The second-order valence-electron chi connectivity index (χ2n) is 5.04. The van der Waals surface area contributed by atoms with Crippen LogP contribution < -0.4 is 5.56 Å². The molecule has 0 spiro atoms. The average Bonchev–Trinajstić information content (AvgIpc) is 2.93. The van der Waals surface area contributed by atoms with E-state index in [9.17, 15) is 13.6 Å². The second kappa shape index (κ2) is 5.20. The van der Waals surface area contributed by atoms with Crippen molar-refractivity contribution in [3.63, 3.8) is 0 Å². The van der Waals surface area contributed by atoms with Gasteiger partial charge in [-0.05, 0) is 6.07 Å². The van der Waals surface area contributed by atoms with Crippen LogP contribution in [-0.4, -0.2) is 14.8 Å². The van der Waals surface area contributed by atoms with Crippen LogP contribution in [0.25, 0.3) is 21.0 Å². The Kier molecular flexibility index (Phi) is 3.16. The van der Waals surface area contributed by atoms with Gasteiger partial charge >= 0.3 is 0 Å². The molecular weight excluding hydrogens is 320 g/mol. The van der Waals surface area contributed by atoms with E-state index in [0.717, 1.165) is 22.8 Å². The molecule has 0 saturated carbocycles. The number of rotatable bonds is 2. The Morgan fingerprint density at radius 3 is 2.87 bits per heavy atom. The Hall–Kier alpha value is -2.67. The van der Waals surface area contributed by atoms with E-state index in [0.29, 0.717) is 10.4 Å². The number of thiazole rings is 1. The lowest BCUT2D eigenvalue weighted by atomic mass is 10.2. The van der Waals surface area contributed by atoms with Gasteiger partial charge < -0.3 is 0 Å². The van der Waals surface area contributed by atoms with Gasteiger partial charge in [-0.1, -0.05) is 18.2 Å². The van der Waals surface area contributed by atoms with E-state index in [1.165, 1.54) is 10.7 Å². The van der Waals surface area contributed by atoms with Crippen molar-refractivity contribution in [2.45, 2.75) is 6.54 Å². The maximum atomic E-state index is 13.7. The molecule has 0 N–H and O–H groups in total. The van der Waals surface area contributed by atoms with Crippen molar-refractivity contribution < 1.29 is 8.78 Å². The zero-order valence-electron chi connectivity index (χ0n) is 11.7. The molecule has 0 aliphatic heterocycles. The molecule has 0 aliphatic carbocycles. The minimum atomic E-state index is -0.673. The number of nitrogens with zero attached hydrogens (tertiary/aromatic N) is 3. The predicted octanol–water partition coefficient (Wildman–Crippen LogP) is 3.33. The van der Waals surface area contributed by atoms with Crippen LogP contribution >= 0.6 is 11.3 Å². The highest BCUT2D eigenvalue weighted by Crippen LogP contribution is 2.26. The van der Waals surface area contributed by atoms with E-state index in [4.69, 9.17) is 0 Å². The van der Waals surface area contributed by atoms with Gasteiger partial charge in [-0.3, -0.25) is 4.79 Å². The first kappa shape index (κ1) is 14.0. The summed E-state index contributed by atoms with van der Waals surface area (Å²) in [7, 11) is 0. The summed E-state index contributed by atoms with van der Waals surface area (Å²) in [5.74, 6) is -1.32. The SMILES string of the molecule is O=c1c2ccccc2cnn1Cc1nc2cc(F)cc(F)c2s1. The fraction of sp³-hybridized carbons (Fsp3) is 0.0625. The monoisotopic (exact) mass is 329 g/mol. The van der Waals surface area contributed by atoms with E-state index in [-0.39, 0.29) is 22.3 Å². The van der Waals surface area contributed by atoms with Crippen LogP contribution in [0.5, 0.6) is 0 Å². The molecule has 0 saturated heterocycles. The van der Waals surface area contributed by atoms with Crippen molar-refractivity contribution >= 4 is 32.3 Å². The summed E-state index contributed by atoms with van der Waals surface area (Å²) in [6.45, 7) is 0.115. The molecule has 4 nitrogen and oxygen atoms in total. The highest BCUT2D eigenvalue weighted by atomic mass is 32.1. The summed E-state index contributed by atoms with van der Waals surface area (Å²) >= 11 is 1.09. The van der Waals surface area contributed by atoms with Crippen LogP contribution in [0.3, 0.4) is 0 Å². The molecule has 2 aromatic heterocycles. The fourth-order valence-corrected chi connectivity index (χ4v) is 3.37. The molecule has 0 unspecified atom stereocenters. The predicted molar refractivity (Wildman–Crippen MR) is 84.6 cm³/mol. The van der Waals surface area contributed by atoms with E-state index >= 15 is 0 Å². The molecule has 0 amide bonds. The van der Waals surface area contributed by atoms with Crippen LogP contribution in [0, 0.1) is 11.6 Å². The highest BCUT2D eigenvalue weighted by Gasteiger charge is 2.12. The van der Waals surface area contributed by atoms with Crippen molar-refractivity contribution in [3.8, 4) is 0 Å². The summed E-state index contributed by atoms with van der Waals surface area (Å²) in [6, 6.07) is 9.15. The lowest BCUT2D eigenvalue weighted by Crippen LogP contribution is -2.23. The molecule has 23 heavy (non-hydrogen) atoms. The molecule has 0 aliphatic rings. The Labute approximate surface area is 132 Å². The molecular formula is C16H9F2N3OS. The van der Waals surface area contributed by atoms with Gasteiger partial charge in [0, 0.05) is 17.5 Å². The maximum absolute atomic E-state index is 13.7. The van der Waals surface area contributed by atoms with E-state index in [1.807, 2.05) is 12.1 Å². The molecule has 114 valence electrons. The van der Waals surface area contributed by atoms with Gasteiger partial charge in [-0.25, -0.2) is 18.4 Å². The number of aromatic nitrogens is 3. The minimum Gasteiger partial charge on any atom is -0.267 e. The number of benzene rings is 2. The summed E-state index contributed by atoms with van der Waals surface area (Å²) in [4.78, 5) is 16.6. The van der Waals surface area contributed by atoms with E-state index < -0.39 is 11.6 Å². The van der Waals surface area contributed by atoms with Crippen molar-refractivity contribution in [2.75, 3.05) is 0 Å². The van der Waals surface area contributed by atoms with Gasteiger partial charge in [-0.2, -0.15) is 5.10 Å². The van der Waals surface area contributed by atoms with Gasteiger partial charge in [0.15, 0.2) is 0 Å². The molecule has 2 aromatic carbocycles. The van der Waals surface area contributed by atoms with Crippen LogP contribution in [0.2, 0.25) is 0 Å². The second-order valence-corrected chi connectivity index (χ2v) is 6.12. The summed E-state index contributed by atoms with van der Waals surface area (Å²) in [6.07, 6.45) is 1.60. The number of halogens is 2. The van der Waals surface area contributed by atoms with Crippen molar-refractivity contribution in [1.29, 1.82) is 0 Å². The Balaban J connectivity index is 1.80. The van der Waals surface area contributed by atoms with Gasteiger partial charge in [0.1, 0.15) is 16.6 Å². The maximum Gasteiger partial charge on any atom is 0.275 e. The zero-order valence-corrected chi connectivity index (χ0v) is 12.5. The number of hydrogen-bond acceptors (Lipinski definition) is 4. The first-order valence-electron chi connectivity index (χ1n) is 6.81. The van der Waals surface area contributed by atoms with Crippen LogP contribution in [0.15, 0.2) is 47.4 Å². The Bertz CT molecular complexity index is 1100. The summed E-state index contributed by atoms with van der Waals surface area (Å²) in [5, 5.41) is 5.92. The summed E-state index contributed by atoms with van der Waals surface area (Å²) < 4.78 is 28.5. The molecule has 0 fully saturated rings. The van der Waals surface area contributed by atoms with Gasteiger partial charge in [0.05, 0.1) is 28.3 Å². The molecule has 7 heteroatoms. The molecule has 0 radical (unpaired) electrons. The van der Waals surface area contributed by atoms with Crippen molar-refractivity contribution in [1.82, 2.24) is 14.8 Å². The van der Waals surface area contributed by atoms with Gasteiger partial charge in [-0.15, -0.1) is 11.3 Å². The lowest BCUT2D eigenvalue weighted by Gasteiger charge is -2.03. The smallest absolute Gasteiger partial charge is 0.267 e. The van der Waals surface area contributed by atoms with E-state index in [1.54, 1.807) is 18.3 Å². The van der Waals surface area contributed by atoms with Crippen molar-refractivity contribution in [2.24, 2.45) is 0 Å². The van der Waals surface area contributed by atoms with Crippen LogP contribution in [0.1, 0.15) is 5.01 Å². The normalized spacial score (nSPS) is 11.4. The lowest BCUT2D eigenvalue weighted by molar-refractivity contribution is 0.593. The van der Waals surface area contributed by atoms with Crippen LogP contribution in [-0.2, 0) is 6.54 Å². The summed E-state index contributed by atoms with van der Waals surface area (Å²) in [5.41, 5.74) is 0.00495. The third kappa shape index (κ3) is 2.39. The molecule has 4 rings (SSSR count). The third-order valence-corrected chi connectivity index (χ3v) is 4.56. The number of hydrogen-bond donors (Lipinski definition) is 0. The fourth-order valence-electron chi connectivity index (χ4n) is 2.44. The first-order valence-corrected chi connectivity index (χ1v) is 7.63. The Morgan fingerprint density at radius 2 is 2.00 bits per heavy atom. The molecule has 0 atom stereocenters. The standard InChI is InChI=1S/C16H9F2N3OS/c17-10-5-12(18)15-13(6-10)20-14(23-15)8-21-16(22)11-4-2-1-3-9(11)7-19-21/h1-7H,8H2. The molecule has 2 heterocycles. The molecule has 4 aromatic rings. The first-order chi connectivity index (χ1) is 11.1. The van der Waals surface area contributed by atoms with Gasteiger partial charge in [0.25, 0.3) is 5.56 Å². The Morgan fingerprint density at radius 1 is 1.17 bits per heavy atom. The minimum absolute atomic E-state index is 0.115. The highest BCUT2D eigenvalue weighted by molar-refractivity contribution is 7.18. The quantitative estimate of drug-likeness (QED) is 0.567. The largest absolute Gasteiger partial charge is 0.275 e.